The van der Waals surface area contributed by atoms with Crippen LogP contribution in [0, 0.1) is 25.5 Å². The molecule has 2 amide bonds. The maximum atomic E-state index is 13.8. The molecule has 1 N–H and O–H groups in total. The number of methoxy groups -OCH3 is 1. The third kappa shape index (κ3) is 7.63. The number of amides is 2. The van der Waals surface area contributed by atoms with Crippen LogP contribution in [0.5, 0.6) is 5.75 Å². The van der Waals surface area contributed by atoms with E-state index in [2.05, 4.69) is 15.3 Å². The summed E-state index contributed by atoms with van der Waals surface area (Å²) in [6, 6.07) is 18.6. The fraction of sp³-hybridized carbons (Fsp3) is 0.200. The molecule has 1 atom stereocenters. The van der Waals surface area contributed by atoms with Crippen LogP contribution in [0.25, 0.3) is 0 Å². The van der Waals surface area contributed by atoms with Crippen LogP contribution in [0.3, 0.4) is 0 Å². The van der Waals surface area contributed by atoms with Crippen molar-refractivity contribution >= 4 is 29.3 Å². The van der Waals surface area contributed by atoms with Crippen molar-refractivity contribution in [3.8, 4) is 5.75 Å². The van der Waals surface area contributed by atoms with E-state index in [1.807, 2.05) is 19.9 Å². The number of aromatic nitrogens is 2. The average molecular weight is 563 g/mol. The Morgan fingerprint density at radius 2 is 1.48 bits per heavy atom. The van der Waals surface area contributed by atoms with Crippen molar-refractivity contribution < 1.29 is 23.1 Å². The number of carbonyl (C=O) groups excluding carboxylic acids is 2. The Morgan fingerprint density at radius 3 is 2.05 bits per heavy atom. The molecule has 0 saturated carbocycles. The molecule has 4 rings (SSSR count). The molecule has 0 aliphatic heterocycles. The highest BCUT2D eigenvalue weighted by atomic mass is 32.2. The van der Waals surface area contributed by atoms with Crippen molar-refractivity contribution in [3.63, 3.8) is 0 Å². The van der Waals surface area contributed by atoms with E-state index >= 15 is 0 Å². The molecule has 0 aliphatic carbocycles. The minimum absolute atomic E-state index is 0.00541. The molecule has 7 nitrogen and oxygen atoms in total. The summed E-state index contributed by atoms with van der Waals surface area (Å²) in [4.78, 5) is 37.7. The molecule has 3 aromatic carbocycles. The summed E-state index contributed by atoms with van der Waals surface area (Å²) < 4.78 is 32.7. The van der Waals surface area contributed by atoms with Gasteiger partial charge in [-0.15, -0.1) is 0 Å². The normalized spacial score (nSPS) is 11.5. The van der Waals surface area contributed by atoms with Crippen LogP contribution in [-0.2, 0) is 16.1 Å². The molecule has 1 aromatic heterocycles. The number of benzene rings is 3. The fourth-order valence-electron chi connectivity index (χ4n) is 4.08. The number of nitrogens with zero attached hydrogens (tertiary/aromatic N) is 3. The number of ether oxygens (including phenoxy) is 1. The highest BCUT2D eigenvalue weighted by molar-refractivity contribution is 7.99. The summed E-state index contributed by atoms with van der Waals surface area (Å²) in [6.45, 7) is 3.69. The van der Waals surface area contributed by atoms with E-state index in [-0.39, 0.29) is 18.2 Å². The molecule has 1 heterocycles. The Bertz CT molecular complexity index is 1450. The van der Waals surface area contributed by atoms with Crippen LogP contribution >= 0.6 is 11.8 Å². The molecule has 206 valence electrons. The van der Waals surface area contributed by atoms with E-state index in [4.69, 9.17) is 4.74 Å². The summed E-state index contributed by atoms with van der Waals surface area (Å²) in [5.41, 5.74) is 3.06. The van der Waals surface area contributed by atoms with Gasteiger partial charge >= 0.3 is 0 Å². The quantitative estimate of drug-likeness (QED) is 0.192. The fourth-order valence-corrected chi connectivity index (χ4v) is 4.92. The zero-order valence-electron chi connectivity index (χ0n) is 22.2. The number of halogens is 2. The standard InChI is InChI=1S/C30H28F2N4O3S/c1-19-16-20(2)34-30(33-19)40-18-27(37)36(17-21-4-8-23(31)9-5-21)28(22-6-10-24(32)11-7-22)29(38)35-25-12-14-26(39-3)15-13-25/h4-16,28H,17-18H2,1-3H3,(H,35,38)/t28-/m1/s1. The third-order valence-corrected chi connectivity index (χ3v) is 6.81. The number of rotatable bonds is 10. The van der Waals surface area contributed by atoms with Gasteiger partial charge in [0.25, 0.3) is 5.91 Å². The van der Waals surface area contributed by atoms with Gasteiger partial charge in [0.2, 0.25) is 5.91 Å². The number of hydrogen-bond acceptors (Lipinski definition) is 6. The van der Waals surface area contributed by atoms with Crippen molar-refractivity contribution in [2.45, 2.75) is 31.6 Å². The maximum absolute atomic E-state index is 13.8. The van der Waals surface area contributed by atoms with Gasteiger partial charge in [-0.3, -0.25) is 9.59 Å². The van der Waals surface area contributed by atoms with Crippen molar-refractivity contribution in [2.24, 2.45) is 0 Å². The molecule has 40 heavy (non-hydrogen) atoms. The summed E-state index contributed by atoms with van der Waals surface area (Å²) in [5, 5.41) is 3.29. The zero-order valence-corrected chi connectivity index (χ0v) is 23.0. The first kappa shape index (κ1) is 28.7. The van der Waals surface area contributed by atoms with Gasteiger partial charge in [-0.05, 0) is 79.6 Å². The monoisotopic (exact) mass is 562 g/mol. The lowest BCUT2D eigenvalue weighted by Crippen LogP contribution is -2.41. The van der Waals surface area contributed by atoms with E-state index in [0.29, 0.717) is 27.7 Å². The van der Waals surface area contributed by atoms with Crippen molar-refractivity contribution in [3.05, 3.63) is 113 Å². The second kappa shape index (κ2) is 13.2. The SMILES string of the molecule is COc1ccc(NC(=O)[C@@H](c2ccc(F)cc2)N(Cc2ccc(F)cc2)C(=O)CSc2nc(C)cc(C)n2)cc1. The summed E-state index contributed by atoms with van der Waals surface area (Å²) >= 11 is 1.15. The number of thioether (sulfide) groups is 1. The molecule has 4 aromatic rings. The number of nitrogens with one attached hydrogen (secondary N) is 1. The smallest absolute Gasteiger partial charge is 0.251 e. The van der Waals surface area contributed by atoms with Crippen LogP contribution < -0.4 is 10.1 Å². The topological polar surface area (TPSA) is 84.4 Å². The van der Waals surface area contributed by atoms with Gasteiger partial charge in [0, 0.05) is 23.6 Å². The molecule has 0 aliphatic rings. The van der Waals surface area contributed by atoms with E-state index < -0.39 is 23.6 Å². The molecule has 0 radical (unpaired) electrons. The van der Waals surface area contributed by atoms with Gasteiger partial charge in [0.05, 0.1) is 12.9 Å². The Labute approximate surface area is 235 Å². The lowest BCUT2D eigenvalue weighted by Gasteiger charge is -2.31. The van der Waals surface area contributed by atoms with Crippen LogP contribution in [0.4, 0.5) is 14.5 Å². The van der Waals surface area contributed by atoms with Crippen molar-refractivity contribution in [1.82, 2.24) is 14.9 Å². The van der Waals surface area contributed by atoms with Gasteiger partial charge < -0.3 is 15.0 Å². The summed E-state index contributed by atoms with van der Waals surface area (Å²) in [7, 11) is 1.54. The second-order valence-electron chi connectivity index (χ2n) is 9.04. The maximum Gasteiger partial charge on any atom is 0.251 e. The highest BCUT2D eigenvalue weighted by Crippen LogP contribution is 2.28. The van der Waals surface area contributed by atoms with E-state index in [9.17, 15) is 18.4 Å². The number of anilines is 1. The molecule has 0 bridgehead atoms. The van der Waals surface area contributed by atoms with E-state index in [0.717, 1.165) is 23.1 Å². The third-order valence-electron chi connectivity index (χ3n) is 5.98. The Morgan fingerprint density at radius 1 is 0.900 bits per heavy atom. The molecule has 0 unspecified atom stereocenters. The van der Waals surface area contributed by atoms with Gasteiger partial charge in [-0.25, -0.2) is 18.7 Å². The number of aryl methyl sites for hydroxylation is 2. The molecule has 10 heteroatoms. The predicted octanol–water partition coefficient (Wildman–Crippen LogP) is 5.88. The van der Waals surface area contributed by atoms with Crippen molar-refractivity contribution in [2.75, 3.05) is 18.2 Å². The van der Waals surface area contributed by atoms with Gasteiger partial charge in [0.1, 0.15) is 23.4 Å². The van der Waals surface area contributed by atoms with E-state index in [1.54, 1.807) is 36.4 Å². The Hall–Kier alpha value is -4.31. The van der Waals surface area contributed by atoms with Crippen LogP contribution in [0.1, 0.15) is 28.6 Å². The summed E-state index contributed by atoms with van der Waals surface area (Å²) in [5.74, 6) is -1.21. The van der Waals surface area contributed by atoms with Gasteiger partial charge in [0.15, 0.2) is 5.16 Å². The number of carbonyl (C=O) groups is 2. The second-order valence-corrected chi connectivity index (χ2v) is 9.98. The lowest BCUT2D eigenvalue weighted by molar-refractivity contribution is -0.137. The van der Waals surface area contributed by atoms with Crippen LogP contribution in [0.2, 0.25) is 0 Å². The molecule has 0 fully saturated rings. The summed E-state index contributed by atoms with van der Waals surface area (Å²) in [6.07, 6.45) is 0. The lowest BCUT2D eigenvalue weighted by atomic mass is 10.0. The minimum atomic E-state index is -1.12. The highest BCUT2D eigenvalue weighted by Gasteiger charge is 2.32. The molecule has 0 spiro atoms. The molecular weight excluding hydrogens is 534 g/mol. The number of hydrogen-bond donors (Lipinski definition) is 1. The van der Waals surface area contributed by atoms with Crippen molar-refractivity contribution in [1.29, 1.82) is 0 Å². The van der Waals surface area contributed by atoms with Gasteiger partial charge in [-0.1, -0.05) is 36.0 Å². The first-order chi connectivity index (χ1) is 19.2. The molecule has 0 saturated heterocycles. The Balaban J connectivity index is 1.69. The predicted molar refractivity (Wildman–Crippen MR) is 150 cm³/mol. The first-order valence-electron chi connectivity index (χ1n) is 12.4. The van der Waals surface area contributed by atoms with Crippen LogP contribution in [-0.4, -0.2) is 39.5 Å². The zero-order chi connectivity index (χ0) is 28.6. The van der Waals surface area contributed by atoms with Crippen LogP contribution in [0.15, 0.2) is 84.0 Å². The largest absolute Gasteiger partial charge is 0.497 e. The van der Waals surface area contributed by atoms with Gasteiger partial charge in [-0.2, -0.15) is 0 Å². The Kier molecular flexibility index (Phi) is 9.44. The average Bonchev–Trinajstić information content (AvgIpc) is 2.93. The minimum Gasteiger partial charge on any atom is -0.497 e. The first-order valence-corrected chi connectivity index (χ1v) is 13.4. The van der Waals surface area contributed by atoms with E-state index in [1.165, 1.54) is 48.4 Å². The molecular formula is C30H28F2N4O3S.